The van der Waals surface area contributed by atoms with E-state index in [4.69, 9.17) is 20.9 Å². The molecule has 176 valence electrons. The highest BCUT2D eigenvalue weighted by molar-refractivity contribution is 9.10. The molecule has 0 unspecified atom stereocenters. The lowest BCUT2D eigenvalue weighted by atomic mass is 9.79. The highest BCUT2D eigenvalue weighted by Gasteiger charge is 2.51. The zero-order valence-corrected chi connectivity index (χ0v) is 21.7. The highest BCUT2D eigenvalue weighted by Crippen LogP contribution is 2.36. The lowest BCUT2D eigenvalue weighted by molar-refractivity contribution is 0.00578. The summed E-state index contributed by atoms with van der Waals surface area (Å²) in [7, 11) is -0.317. The number of fused-ring (bicyclic) bond motifs is 1. The molecule has 1 saturated heterocycles. The van der Waals surface area contributed by atoms with Crippen LogP contribution in [0.4, 0.5) is 0 Å². The summed E-state index contributed by atoms with van der Waals surface area (Å²) in [4.78, 5) is 15.4. The van der Waals surface area contributed by atoms with Gasteiger partial charge in [0.15, 0.2) is 0 Å². The van der Waals surface area contributed by atoms with E-state index in [1.165, 1.54) is 6.07 Å². The summed E-state index contributed by atoms with van der Waals surface area (Å²) < 4.78 is 14.5. The molecule has 0 saturated carbocycles. The zero-order valence-electron chi connectivity index (χ0n) is 19.4. The van der Waals surface area contributed by atoms with Gasteiger partial charge in [0.25, 0.3) is 5.56 Å². The Hall–Kier alpha value is -2.46. The smallest absolute Gasteiger partial charge is 0.399 e. The van der Waals surface area contributed by atoms with Crippen LogP contribution >= 0.6 is 27.5 Å². The minimum absolute atomic E-state index is 0.0452. The van der Waals surface area contributed by atoms with Gasteiger partial charge < -0.3 is 13.9 Å². The molecule has 7 nitrogen and oxygen atoms in total. The van der Waals surface area contributed by atoms with Crippen molar-refractivity contribution in [1.29, 1.82) is 0 Å². The topological polar surface area (TPSA) is 82.0 Å². The van der Waals surface area contributed by atoms with Gasteiger partial charge in [-0.1, -0.05) is 23.7 Å². The minimum Gasteiger partial charge on any atom is -0.399 e. The fourth-order valence-corrected chi connectivity index (χ4v) is 4.02. The number of benzene rings is 1. The molecule has 5 rings (SSSR count). The van der Waals surface area contributed by atoms with Gasteiger partial charge in [-0.2, -0.15) is 5.10 Å². The number of hydrogen-bond acceptors (Lipinski definition) is 5. The van der Waals surface area contributed by atoms with Gasteiger partial charge in [-0.05, 0) is 78.9 Å². The fourth-order valence-electron chi connectivity index (χ4n) is 3.44. The Labute approximate surface area is 211 Å². The Morgan fingerprint density at radius 1 is 1.09 bits per heavy atom. The van der Waals surface area contributed by atoms with Crippen molar-refractivity contribution >= 4 is 51.0 Å². The molecular weight excluding hydrogens is 518 g/mol. The van der Waals surface area contributed by atoms with E-state index in [-0.39, 0.29) is 23.9 Å². The first-order valence-corrected chi connectivity index (χ1v) is 12.0. The monoisotopic (exact) mass is 542 g/mol. The molecule has 0 spiro atoms. The van der Waals surface area contributed by atoms with Gasteiger partial charge in [-0.3, -0.25) is 9.89 Å². The zero-order chi connectivity index (χ0) is 24.5. The fraction of sp³-hybridized carbons (Fsp3) is 0.292. The molecule has 0 aliphatic carbocycles. The third kappa shape index (κ3) is 5.44. The third-order valence-electron chi connectivity index (χ3n) is 6.08. The predicted octanol–water partition coefficient (Wildman–Crippen LogP) is 4.57. The van der Waals surface area contributed by atoms with E-state index < -0.39 is 0 Å². The van der Waals surface area contributed by atoms with Crippen molar-refractivity contribution in [3.8, 4) is 0 Å². The first-order chi connectivity index (χ1) is 16.0. The molecule has 1 aliphatic rings. The largest absolute Gasteiger partial charge is 0.494 e. The molecule has 1 aromatic carbocycles. The Morgan fingerprint density at radius 3 is 2.53 bits per heavy atom. The van der Waals surface area contributed by atoms with Crippen LogP contribution in [0.2, 0.25) is 5.15 Å². The number of hydrogen-bond donors (Lipinski definition) is 1. The van der Waals surface area contributed by atoms with Gasteiger partial charge in [0.05, 0.1) is 29.5 Å². The molecule has 0 amide bonds. The predicted molar refractivity (Wildman–Crippen MR) is 139 cm³/mol. The van der Waals surface area contributed by atoms with Gasteiger partial charge in [0.1, 0.15) is 5.15 Å². The summed E-state index contributed by atoms with van der Waals surface area (Å²) in [6, 6.07) is 12.9. The molecule has 1 aliphatic heterocycles. The van der Waals surface area contributed by atoms with Crippen LogP contribution in [0.25, 0.3) is 10.9 Å². The number of halogens is 2. The summed E-state index contributed by atoms with van der Waals surface area (Å²) in [6.45, 7) is 8.72. The molecule has 1 fully saturated rings. The normalized spacial score (nSPS) is 16.4. The van der Waals surface area contributed by atoms with E-state index in [0.717, 1.165) is 26.4 Å². The van der Waals surface area contributed by atoms with Crippen molar-refractivity contribution in [3.63, 3.8) is 0 Å². The van der Waals surface area contributed by atoms with Crippen LogP contribution in [-0.4, -0.2) is 38.1 Å². The maximum atomic E-state index is 11.6. The third-order valence-corrected chi connectivity index (χ3v) is 6.76. The quantitative estimate of drug-likeness (QED) is 0.303. The van der Waals surface area contributed by atoms with Crippen molar-refractivity contribution in [2.24, 2.45) is 0 Å². The van der Waals surface area contributed by atoms with Crippen LogP contribution in [0.5, 0.6) is 0 Å². The van der Waals surface area contributed by atoms with Crippen molar-refractivity contribution in [2.75, 3.05) is 0 Å². The average Bonchev–Trinajstić information content (AvgIpc) is 3.32. The number of aromatic amines is 1. The molecule has 3 aromatic heterocycles. The molecule has 4 heterocycles. The van der Waals surface area contributed by atoms with E-state index in [0.29, 0.717) is 11.7 Å². The minimum atomic E-state index is -0.317. The van der Waals surface area contributed by atoms with Gasteiger partial charge >= 0.3 is 7.12 Å². The van der Waals surface area contributed by atoms with E-state index >= 15 is 0 Å². The lowest BCUT2D eigenvalue weighted by Crippen LogP contribution is -2.41. The first-order valence-electron chi connectivity index (χ1n) is 10.8. The van der Waals surface area contributed by atoms with Gasteiger partial charge in [0.2, 0.25) is 0 Å². The number of nitrogens with one attached hydrogen (secondary N) is 1. The van der Waals surface area contributed by atoms with Crippen LogP contribution in [0.3, 0.4) is 0 Å². The van der Waals surface area contributed by atoms with Crippen molar-refractivity contribution in [1.82, 2.24) is 19.7 Å². The van der Waals surface area contributed by atoms with Gasteiger partial charge in [-0.25, -0.2) is 4.98 Å². The van der Waals surface area contributed by atoms with Crippen LogP contribution in [-0.2, 0) is 15.9 Å². The van der Waals surface area contributed by atoms with Crippen LogP contribution < -0.4 is 11.0 Å². The van der Waals surface area contributed by atoms with E-state index in [9.17, 15) is 4.79 Å². The summed E-state index contributed by atoms with van der Waals surface area (Å²) in [5, 5.41) is 8.51. The maximum absolute atomic E-state index is 11.6. The second-order valence-corrected chi connectivity index (χ2v) is 10.4. The Bertz CT molecular complexity index is 1360. The Balaban J connectivity index is 0.000000162. The second-order valence-electron chi connectivity index (χ2n) is 9.11. The lowest BCUT2D eigenvalue weighted by Gasteiger charge is -2.32. The highest BCUT2D eigenvalue weighted by atomic mass is 79.9. The standard InChI is InChI=1S/C13H17BN2O2.C11H8BrClN2O/c1-12(2)13(3,4)18-14(17-12)10-6-5-9-8-15-16-11(9)7-10;12-9-1-2-11(16)15(7-9)6-8-3-4-14-10(13)5-8/h5-8H,1-4H3,(H,15,16);1-5,7H,6H2. The van der Waals surface area contributed by atoms with Crippen LogP contribution in [0.1, 0.15) is 33.3 Å². The molecule has 10 heteroatoms. The Kier molecular flexibility index (Phi) is 7.00. The second kappa shape index (κ2) is 9.66. The van der Waals surface area contributed by atoms with E-state index in [2.05, 4.69) is 58.8 Å². The van der Waals surface area contributed by atoms with Crippen LogP contribution in [0, 0.1) is 0 Å². The summed E-state index contributed by atoms with van der Waals surface area (Å²) in [5.41, 5.74) is 2.31. The summed E-state index contributed by atoms with van der Waals surface area (Å²) >= 11 is 9.10. The number of H-pyrrole nitrogens is 1. The number of pyridine rings is 2. The van der Waals surface area contributed by atoms with Crippen LogP contribution in [0.15, 0.2) is 70.3 Å². The molecular formula is C24H25BBrClN4O3. The molecule has 1 N–H and O–H groups in total. The van der Waals surface area contributed by atoms with Gasteiger partial charge in [0, 0.05) is 28.3 Å². The number of nitrogens with zero attached hydrogens (tertiary/aromatic N) is 3. The maximum Gasteiger partial charge on any atom is 0.494 e. The van der Waals surface area contributed by atoms with Crippen molar-refractivity contribution in [3.05, 3.63) is 86.6 Å². The number of aromatic nitrogens is 4. The van der Waals surface area contributed by atoms with Crippen molar-refractivity contribution < 1.29 is 9.31 Å². The number of rotatable bonds is 3. The summed E-state index contributed by atoms with van der Waals surface area (Å²) in [6.07, 6.45) is 5.18. The summed E-state index contributed by atoms with van der Waals surface area (Å²) in [5.74, 6) is 0. The molecule has 4 aromatic rings. The van der Waals surface area contributed by atoms with Crippen molar-refractivity contribution in [2.45, 2.75) is 45.4 Å². The molecule has 0 bridgehead atoms. The van der Waals surface area contributed by atoms with Gasteiger partial charge in [-0.15, -0.1) is 0 Å². The first kappa shape index (κ1) is 24.7. The Morgan fingerprint density at radius 2 is 1.82 bits per heavy atom. The van der Waals surface area contributed by atoms with E-state index in [1.54, 1.807) is 29.1 Å². The molecule has 0 atom stereocenters. The van der Waals surface area contributed by atoms with E-state index in [1.807, 2.05) is 30.5 Å². The SMILES string of the molecule is CC1(C)OB(c2ccc3cn[nH]c3c2)OC1(C)C.O=c1ccc(Br)cn1Cc1ccnc(Cl)c1. The average molecular weight is 544 g/mol. The molecule has 0 radical (unpaired) electrons. The molecule has 34 heavy (non-hydrogen) atoms.